The highest BCUT2D eigenvalue weighted by Gasteiger charge is 1.78. The van der Waals surface area contributed by atoms with Gasteiger partial charge in [-0.05, 0) is 19.8 Å². The lowest BCUT2D eigenvalue weighted by molar-refractivity contribution is 0.134. The summed E-state index contributed by atoms with van der Waals surface area (Å²) in [7, 11) is 1.70. The Labute approximate surface area is 79.5 Å². The van der Waals surface area contributed by atoms with Crippen molar-refractivity contribution < 1.29 is 4.74 Å². The highest BCUT2D eigenvalue weighted by molar-refractivity contribution is 4.27. The monoisotopic (exact) mass is 176 g/mol. The summed E-state index contributed by atoms with van der Waals surface area (Å²) in [6.07, 6.45) is 1.63. The topological polar surface area (TPSA) is 9.23 Å². The van der Waals surface area contributed by atoms with Gasteiger partial charge in [0.2, 0.25) is 0 Å². The molecule has 0 aromatic carbocycles. The summed E-state index contributed by atoms with van der Waals surface area (Å²) in [4.78, 5) is 0. The summed E-state index contributed by atoms with van der Waals surface area (Å²) in [6, 6.07) is 0. The molecule has 0 atom stereocenters. The standard InChI is InChI=1S/C4H10O.C4H10.C3H8/c1-4(2)5-3;1-4(2)3;1-3-2/h4H,1-3H3;4H,1-3H3;3H2,1-2H3. The maximum absolute atomic E-state index is 4.75. The highest BCUT2D eigenvalue weighted by atomic mass is 16.5. The van der Waals surface area contributed by atoms with Crippen LogP contribution in [0.2, 0.25) is 0 Å². The first-order valence-electron chi connectivity index (χ1n) is 4.94. The van der Waals surface area contributed by atoms with Crippen LogP contribution < -0.4 is 0 Å². The van der Waals surface area contributed by atoms with Crippen molar-refractivity contribution in [2.75, 3.05) is 7.11 Å². The van der Waals surface area contributed by atoms with Crippen LogP contribution in [0.1, 0.15) is 54.9 Å². The molecule has 0 aliphatic heterocycles. The molecule has 0 aliphatic carbocycles. The van der Waals surface area contributed by atoms with Gasteiger partial charge in [-0.25, -0.2) is 0 Å². The predicted molar refractivity (Wildman–Crippen MR) is 58.6 cm³/mol. The van der Waals surface area contributed by atoms with E-state index in [1.54, 1.807) is 7.11 Å². The lowest BCUT2D eigenvalue weighted by atomic mass is 10.3. The molecule has 0 bridgehead atoms. The Kier molecular flexibility index (Phi) is 25.6. The zero-order chi connectivity index (χ0) is 10.6. The maximum Gasteiger partial charge on any atom is 0.0515 e. The van der Waals surface area contributed by atoms with Gasteiger partial charge in [-0.15, -0.1) is 0 Å². The van der Waals surface area contributed by atoms with Crippen LogP contribution >= 0.6 is 0 Å². The van der Waals surface area contributed by atoms with Crippen LogP contribution in [-0.4, -0.2) is 13.2 Å². The fraction of sp³-hybridized carbons (Fsp3) is 1.00. The van der Waals surface area contributed by atoms with Gasteiger partial charge in [-0.1, -0.05) is 41.0 Å². The average molecular weight is 176 g/mol. The Morgan fingerprint density at radius 2 is 1.00 bits per heavy atom. The van der Waals surface area contributed by atoms with Gasteiger partial charge in [-0.2, -0.15) is 0 Å². The van der Waals surface area contributed by atoms with Crippen LogP contribution in [-0.2, 0) is 4.74 Å². The molecule has 0 radical (unpaired) electrons. The zero-order valence-electron chi connectivity index (χ0n) is 10.3. The Hall–Kier alpha value is -0.0400. The van der Waals surface area contributed by atoms with Crippen LogP contribution in [0.5, 0.6) is 0 Å². The maximum atomic E-state index is 4.75. The summed E-state index contributed by atoms with van der Waals surface area (Å²) in [5.41, 5.74) is 0. The van der Waals surface area contributed by atoms with Crippen molar-refractivity contribution in [3.8, 4) is 0 Å². The molecule has 0 spiro atoms. The van der Waals surface area contributed by atoms with E-state index in [1.807, 2.05) is 13.8 Å². The molecule has 0 aliphatic rings. The van der Waals surface area contributed by atoms with Crippen LogP contribution in [0.3, 0.4) is 0 Å². The van der Waals surface area contributed by atoms with Crippen molar-refractivity contribution in [2.45, 2.75) is 61.0 Å². The largest absolute Gasteiger partial charge is 0.382 e. The van der Waals surface area contributed by atoms with Crippen LogP contribution in [0, 0.1) is 5.92 Å². The summed E-state index contributed by atoms with van der Waals surface area (Å²) >= 11 is 0. The van der Waals surface area contributed by atoms with E-state index in [2.05, 4.69) is 34.6 Å². The third-order valence-electron chi connectivity index (χ3n) is 0.471. The average Bonchev–Trinajstić information content (AvgIpc) is 1.88. The molecule has 0 aromatic heterocycles. The van der Waals surface area contributed by atoms with E-state index in [1.165, 1.54) is 6.42 Å². The predicted octanol–water partition coefficient (Wildman–Crippen LogP) is 4.12. The Balaban J connectivity index is -0.000000105. The molecule has 0 amide bonds. The number of hydrogen-bond donors (Lipinski definition) is 0. The SMILES string of the molecule is CC(C)C.CCC.COC(C)C. The molecule has 0 aromatic rings. The highest BCUT2D eigenvalue weighted by Crippen LogP contribution is 1.81. The molecule has 0 saturated heterocycles. The number of hydrogen-bond acceptors (Lipinski definition) is 1. The van der Waals surface area contributed by atoms with Gasteiger partial charge < -0.3 is 4.74 Å². The van der Waals surface area contributed by atoms with Gasteiger partial charge in [0.1, 0.15) is 0 Å². The van der Waals surface area contributed by atoms with E-state index in [-0.39, 0.29) is 0 Å². The Bertz CT molecular complexity index is 46.2. The van der Waals surface area contributed by atoms with Crippen LogP contribution in [0.15, 0.2) is 0 Å². The minimum atomic E-state index is 0.384. The number of methoxy groups -OCH3 is 1. The summed E-state index contributed by atoms with van der Waals surface area (Å²) in [5, 5.41) is 0. The molecule has 0 heterocycles. The summed E-state index contributed by atoms with van der Waals surface area (Å²) in [5.74, 6) is 0.833. The third kappa shape index (κ3) is 208. The van der Waals surface area contributed by atoms with Crippen molar-refractivity contribution in [1.29, 1.82) is 0 Å². The number of ether oxygens (including phenoxy) is 1. The second kappa shape index (κ2) is 17.2. The summed E-state index contributed by atoms with van der Waals surface area (Å²) in [6.45, 7) is 14.8. The lowest BCUT2D eigenvalue weighted by Gasteiger charge is -1.94. The van der Waals surface area contributed by atoms with Gasteiger partial charge in [0.15, 0.2) is 0 Å². The van der Waals surface area contributed by atoms with Gasteiger partial charge in [-0.3, -0.25) is 0 Å². The van der Waals surface area contributed by atoms with E-state index in [9.17, 15) is 0 Å². The fourth-order valence-electron chi connectivity index (χ4n) is 0. The number of rotatable bonds is 1. The molecule has 0 fully saturated rings. The quantitative estimate of drug-likeness (QED) is 0.584. The minimum absolute atomic E-state index is 0.384. The van der Waals surface area contributed by atoms with Crippen molar-refractivity contribution in [2.24, 2.45) is 5.92 Å². The smallest absolute Gasteiger partial charge is 0.0515 e. The lowest BCUT2D eigenvalue weighted by Crippen LogP contribution is -1.94. The summed E-state index contributed by atoms with van der Waals surface area (Å²) < 4.78 is 4.75. The van der Waals surface area contributed by atoms with Gasteiger partial charge in [0.25, 0.3) is 0 Å². The van der Waals surface area contributed by atoms with E-state index < -0.39 is 0 Å². The van der Waals surface area contributed by atoms with Gasteiger partial charge >= 0.3 is 0 Å². The van der Waals surface area contributed by atoms with E-state index >= 15 is 0 Å². The zero-order valence-corrected chi connectivity index (χ0v) is 10.3. The molecule has 1 nitrogen and oxygen atoms in total. The van der Waals surface area contributed by atoms with Gasteiger partial charge in [0, 0.05) is 7.11 Å². The molecule has 78 valence electrons. The van der Waals surface area contributed by atoms with Crippen molar-refractivity contribution in [3.63, 3.8) is 0 Å². The first-order chi connectivity index (χ1) is 5.42. The van der Waals surface area contributed by atoms with E-state index in [0.29, 0.717) is 6.10 Å². The normalized spacial score (nSPS) is 8.50. The minimum Gasteiger partial charge on any atom is -0.382 e. The van der Waals surface area contributed by atoms with Gasteiger partial charge in [0.05, 0.1) is 6.10 Å². The molecule has 0 rings (SSSR count). The molecule has 1 heteroatoms. The van der Waals surface area contributed by atoms with Crippen molar-refractivity contribution in [1.82, 2.24) is 0 Å². The first-order valence-corrected chi connectivity index (χ1v) is 4.94. The molecule has 12 heavy (non-hydrogen) atoms. The Morgan fingerprint density at radius 1 is 0.917 bits per heavy atom. The fourth-order valence-corrected chi connectivity index (χ4v) is 0. The Morgan fingerprint density at radius 3 is 1.00 bits per heavy atom. The molecule has 0 unspecified atom stereocenters. The molecule has 0 N–H and O–H groups in total. The second-order valence-corrected chi connectivity index (χ2v) is 3.72. The van der Waals surface area contributed by atoms with E-state index in [4.69, 9.17) is 4.74 Å². The first kappa shape index (κ1) is 17.9. The van der Waals surface area contributed by atoms with Crippen LogP contribution in [0.4, 0.5) is 0 Å². The van der Waals surface area contributed by atoms with Crippen molar-refractivity contribution in [3.05, 3.63) is 0 Å². The molecule has 0 saturated carbocycles. The second-order valence-electron chi connectivity index (χ2n) is 3.72. The van der Waals surface area contributed by atoms with E-state index in [0.717, 1.165) is 5.92 Å². The van der Waals surface area contributed by atoms with Crippen LogP contribution in [0.25, 0.3) is 0 Å². The molecular weight excluding hydrogens is 148 g/mol. The molecular formula is C11H28O. The third-order valence-corrected chi connectivity index (χ3v) is 0.471. The van der Waals surface area contributed by atoms with Crippen molar-refractivity contribution >= 4 is 0 Å².